The average molecular weight is 247 g/mol. The monoisotopic (exact) mass is 247 g/mol. The van der Waals surface area contributed by atoms with E-state index < -0.39 is 11.9 Å². The zero-order valence-corrected chi connectivity index (χ0v) is 11.1. The van der Waals surface area contributed by atoms with Crippen molar-refractivity contribution < 1.29 is 19.4 Å². The fourth-order valence-corrected chi connectivity index (χ4v) is 1.92. The summed E-state index contributed by atoms with van der Waals surface area (Å²) in [4.78, 5) is 10.3. The molecule has 5 heteroatoms. The number of nitrogens with one attached hydrogen (secondary N) is 1. The highest BCUT2D eigenvalue weighted by molar-refractivity contribution is 5.64. The van der Waals surface area contributed by atoms with E-state index >= 15 is 0 Å². The van der Waals surface area contributed by atoms with E-state index in [1.54, 1.807) is 0 Å². The first-order valence-electron chi connectivity index (χ1n) is 6.35. The number of carboxylic acid groups (broad SMARTS) is 1. The summed E-state index contributed by atoms with van der Waals surface area (Å²) in [5.74, 6) is -0.543. The molecule has 0 spiro atoms. The quantitative estimate of drug-likeness (QED) is 0.460. The van der Waals surface area contributed by atoms with Gasteiger partial charge in [-0.1, -0.05) is 13.3 Å². The van der Waals surface area contributed by atoms with Crippen LogP contribution in [0.4, 0.5) is 4.79 Å². The van der Waals surface area contributed by atoms with Gasteiger partial charge in [0.1, 0.15) is 0 Å². The predicted molar refractivity (Wildman–Crippen MR) is 66.2 cm³/mol. The van der Waals surface area contributed by atoms with Crippen LogP contribution >= 0.6 is 0 Å². The Morgan fingerprint density at radius 3 is 2.18 bits per heavy atom. The Morgan fingerprint density at radius 2 is 1.76 bits per heavy atom. The van der Waals surface area contributed by atoms with E-state index in [-0.39, 0.29) is 0 Å². The Balaban J connectivity index is 4.18. The topological polar surface area (TPSA) is 67.8 Å². The molecule has 0 aliphatic carbocycles. The largest absolute Gasteiger partial charge is 0.465 e. The molecule has 0 radical (unpaired) electrons. The lowest BCUT2D eigenvalue weighted by Crippen LogP contribution is -2.37. The standard InChI is InChI=1S/C12H25NO4/c1-4-8-12(16-5-2,17-6-3)9-7-10-13-11(14)15/h13H,4-10H2,1-3H3,(H,14,15). The molecule has 0 heterocycles. The lowest BCUT2D eigenvalue weighted by molar-refractivity contribution is -0.241. The van der Waals surface area contributed by atoms with Gasteiger partial charge >= 0.3 is 6.09 Å². The molecule has 0 aliphatic rings. The van der Waals surface area contributed by atoms with Gasteiger partial charge in [0, 0.05) is 32.6 Å². The highest BCUT2D eigenvalue weighted by Crippen LogP contribution is 2.25. The summed E-state index contributed by atoms with van der Waals surface area (Å²) in [6.45, 7) is 7.61. The SMILES string of the molecule is CCCC(CCCNC(=O)O)(OCC)OCC. The Kier molecular flexibility index (Phi) is 8.80. The fourth-order valence-electron chi connectivity index (χ4n) is 1.92. The van der Waals surface area contributed by atoms with Gasteiger partial charge in [-0.25, -0.2) is 4.79 Å². The predicted octanol–water partition coefficient (Wildman–Crippen LogP) is 2.60. The zero-order valence-electron chi connectivity index (χ0n) is 11.1. The van der Waals surface area contributed by atoms with Gasteiger partial charge in [0.2, 0.25) is 0 Å². The number of amides is 1. The van der Waals surface area contributed by atoms with Crippen molar-refractivity contribution in [3.05, 3.63) is 0 Å². The van der Waals surface area contributed by atoms with Crippen molar-refractivity contribution in [2.45, 2.75) is 52.2 Å². The minimum atomic E-state index is -0.987. The van der Waals surface area contributed by atoms with Gasteiger partial charge in [0.05, 0.1) is 0 Å². The van der Waals surface area contributed by atoms with E-state index in [1.807, 2.05) is 13.8 Å². The van der Waals surface area contributed by atoms with Crippen LogP contribution in [-0.2, 0) is 9.47 Å². The zero-order chi connectivity index (χ0) is 13.1. The van der Waals surface area contributed by atoms with Crippen molar-refractivity contribution in [2.24, 2.45) is 0 Å². The molecule has 0 atom stereocenters. The molecule has 102 valence electrons. The Morgan fingerprint density at radius 1 is 1.18 bits per heavy atom. The second kappa shape index (κ2) is 9.24. The molecule has 0 aromatic heterocycles. The van der Waals surface area contributed by atoms with E-state index in [0.717, 1.165) is 12.8 Å². The number of ether oxygens (including phenoxy) is 2. The first-order chi connectivity index (χ1) is 8.10. The first kappa shape index (κ1) is 16.2. The molecule has 0 unspecified atom stereocenters. The van der Waals surface area contributed by atoms with Crippen LogP contribution in [0.3, 0.4) is 0 Å². The lowest BCUT2D eigenvalue weighted by Gasteiger charge is -2.33. The van der Waals surface area contributed by atoms with Crippen molar-refractivity contribution in [1.82, 2.24) is 5.32 Å². The van der Waals surface area contributed by atoms with Crippen LogP contribution in [0.2, 0.25) is 0 Å². The summed E-state index contributed by atoms with van der Waals surface area (Å²) in [7, 11) is 0. The number of hydrogen-bond acceptors (Lipinski definition) is 3. The second-order valence-corrected chi connectivity index (χ2v) is 3.86. The molecular formula is C12H25NO4. The van der Waals surface area contributed by atoms with Crippen molar-refractivity contribution in [1.29, 1.82) is 0 Å². The maximum absolute atomic E-state index is 10.3. The van der Waals surface area contributed by atoms with Gasteiger partial charge in [0.25, 0.3) is 0 Å². The summed E-state index contributed by atoms with van der Waals surface area (Å²) in [6.07, 6.45) is 2.25. The lowest BCUT2D eigenvalue weighted by atomic mass is 10.0. The minimum Gasteiger partial charge on any atom is -0.465 e. The van der Waals surface area contributed by atoms with Crippen molar-refractivity contribution in [2.75, 3.05) is 19.8 Å². The molecule has 5 nitrogen and oxygen atoms in total. The van der Waals surface area contributed by atoms with Gasteiger partial charge in [-0.2, -0.15) is 0 Å². The number of carbonyl (C=O) groups is 1. The third-order valence-electron chi connectivity index (χ3n) is 2.46. The Hall–Kier alpha value is -0.810. The van der Waals surface area contributed by atoms with Crippen LogP contribution in [0.5, 0.6) is 0 Å². The summed E-state index contributed by atoms with van der Waals surface area (Å²) in [6, 6.07) is 0. The molecular weight excluding hydrogens is 222 g/mol. The molecule has 0 aromatic carbocycles. The van der Waals surface area contributed by atoms with Gasteiger partial charge < -0.3 is 19.9 Å². The van der Waals surface area contributed by atoms with Gasteiger partial charge in [-0.15, -0.1) is 0 Å². The summed E-state index contributed by atoms with van der Waals surface area (Å²) in [5, 5.41) is 10.8. The van der Waals surface area contributed by atoms with Crippen LogP contribution in [0, 0.1) is 0 Å². The average Bonchev–Trinajstić information content (AvgIpc) is 2.25. The number of rotatable bonds is 10. The molecule has 2 N–H and O–H groups in total. The Bertz CT molecular complexity index is 192. The summed E-state index contributed by atoms with van der Waals surface area (Å²) < 4.78 is 11.4. The van der Waals surface area contributed by atoms with E-state index in [9.17, 15) is 4.79 Å². The summed E-state index contributed by atoms with van der Waals surface area (Å²) >= 11 is 0. The van der Waals surface area contributed by atoms with Crippen LogP contribution < -0.4 is 5.32 Å². The normalized spacial score (nSPS) is 11.5. The van der Waals surface area contributed by atoms with E-state index in [2.05, 4.69) is 12.2 Å². The smallest absolute Gasteiger partial charge is 0.404 e. The maximum atomic E-state index is 10.3. The fraction of sp³-hybridized carbons (Fsp3) is 0.917. The van der Waals surface area contributed by atoms with Crippen LogP contribution in [-0.4, -0.2) is 36.7 Å². The van der Waals surface area contributed by atoms with E-state index in [0.29, 0.717) is 32.6 Å². The third kappa shape index (κ3) is 7.18. The van der Waals surface area contributed by atoms with Crippen molar-refractivity contribution in [3.8, 4) is 0 Å². The van der Waals surface area contributed by atoms with Gasteiger partial charge in [-0.05, 0) is 20.3 Å². The molecule has 0 aromatic rings. The maximum Gasteiger partial charge on any atom is 0.404 e. The molecule has 0 saturated heterocycles. The third-order valence-corrected chi connectivity index (χ3v) is 2.46. The van der Waals surface area contributed by atoms with Crippen LogP contribution in [0.15, 0.2) is 0 Å². The van der Waals surface area contributed by atoms with Gasteiger partial charge in [0.15, 0.2) is 5.79 Å². The van der Waals surface area contributed by atoms with E-state index in [4.69, 9.17) is 14.6 Å². The molecule has 17 heavy (non-hydrogen) atoms. The summed E-state index contributed by atoms with van der Waals surface area (Å²) in [5.41, 5.74) is 0. The Labute approximate surface area is 103 Å². The van der Waals surface area contributed by atoms with Crippen LogP contribution in [0.25, 0.3) is 0 Å². The molecule has 0 bridgehead atoms. The van der Waals surface area contributed by atoms with Crippen molar-refractivity contribution >= 4 is 6.09 Å². The molecule has 1 amide bonds. The van der Waals surface area contributed by atoms with Crippen molar-refractivity contribution in [3.63, 3.8) is 0 Å². The molecule has 0 fully saturated rings. The first-order valence-corrected chi connectivity index (χ1v) is 6.35. The van der Waals surface area contributed by atoms with Crippen LogP contribution in [0.1, 0.15) is 46.5 Å². The minimum absolute atomic E-state index is 0.431. The molecule has 0 rings (SSSR count). The molecule has 0 aliphatic heterocycles. The second-order valence-electron chi connectivity index (χ2n) is 3.86. The molecule has 0 saturated carbocycles. The highest BCUT2D eigenvalue weighted by atomic mass is 16.7. The van der Waals surface area contributed by atoms with E-state index in [1.165, 1.54) is 0 Å². The van der Waals surface area contributed by atoms with Gasteiger partial charge in [-0.3, -0.25) is 0 Å². The highest BCUT2D eigenvalue weighted by Gasteiger charge is 2.29. The number of hydrogen-bond donors (Lipinski definition) is 2.